The number of hydrogen-bond acceptors (Lipinski definition) is 3. The van der Waals surface area contributed by atoms with Gasteiger partial charge in [0.1, 0.15) is 0 Å². The number of aromatic nitrogens is 1. The molecular weight excluding hydrogens is 287 g/mol. The van der Waals surface area contributed by atoms with E-state index in [-0.39, 0.29) is 0 Å². The maximum Gasteiger partial charge on any atom is 0.183 e. The first-order valence-electron chi connectivity index (χ1n) is 5.85. The Morgan fingerprint density at radius 3 is 2.89 bits per heavy atom. The Morgan fingerprint density at radius 1 is 1.33 bits per heavy atom. The predicted octanol–water partition coefficient (Wildman–Crippen LogP) is 5.33. The topological polar surface area (TPSA) is 24.9 Å². The molecule has 0 saturated heterocycles. The van der Waals surface area contributed by atoms with Crippen LogP contribution in [-0.4, -0.2) is 11.5 Å². The Labute approximate surface area is 121 Å². The molecule has 0 spiro atoms. The predicted molar refractivity (Wildman–Crippen MR) is 81.0 cm³/mol. The van der Waals surface area contributed by atoms with Crippen LogP contribution in [0, 0.1) is 0 Å². The van der Waals surface area contributed by atoms with Crippen LogP contribution in [-0.2, 0) is 0 Å². The molecule has 0 saturated carbocycles. The molecule has 0 aliphatic carbocycles. The van der Waals surface area contributed by atoms with E-state index in [0.717, 1.165) is 29.4 Å². The van der Waals surface area contributed by atoms with E-state index < -0.39 is 0 Å². The van der Waals surface area contributed by atoms with E-state index in [1.165, 1.54) is 6.42 Å². The first kappa shape index (κ1) is 13.7. The van der Waals surface area contributed by atoms with E-state index in [1.54, 1.807) is 17.4 Å². The third-order valence-electron chi connectivity index (χ3n) is 2.52. The van der Waals surface area contributed by atoms with Gasteiger partial charge in [-0.15, -0.1) is 11.3 Å². The summed E-state index contributed by atoms with van der Waals surface area (Å²) in [5.74, 6) is 0. The van der Waals surface area contributed by atoms with Gasteiger partial charge in [-0.2, -0.15) is 0 Å². The number of nitrogens with one attached hydrogen (secondary N) is 1. The van der Waals surface area contributed by atoms with Crippen molar-refractivity contribution in [3.63, 3.8) is 0 Å². The molecule has 0 aliphatic rings. The van der Waals surface area contributed by atoms with Crippen molar-refractivity contribution >= 4 is 39.7 Å². The summed E-state index contributed by atoms with van der Waals surface area (Å²) in [7, 11) is 0. The second kappa shape index (κ2) is 6.41. The molecule has 2 rings (SSSR count). The smallest absolute Gasteiger partial charge is 0.183 e. The fourth-order valence-corrected chi connectivity index (χ4v) is 2.79. The van der Waals surface area contributed by atoms with Gasteiger partial charge in [-0.1, -0.05) is 36.5 Å². The number of unbranched alkanes of at least 4 members (excludes halogenated alkanes) is 1. The Hall–Kier alpha value is -0.770. The van der Waals surface area contributed by atoms with Crippen LogP contribution in [0.25, 0.3) is 11.3 Å². The maximum atomic E-state index is 6.16. The lowest BCUT2D eigenvalue weighted by molar-refractivity contribution is 0.833. The van der Waals surface area contributed by atoms with E-state index in [0.29, 0.717) is 10.0 Å². The minimum atomic E-state index is 0.632. The molecule has 0 atom stereocenters. The van der Waals surface area contributed by atoms with Crippen LogP contribution < -0.4 is 5.32 Å². The van der Waals surface area contributed by atoms with Crippen molar-refractivity contribution in [2.75, 3.05) is 11.9 Å². The van der Waals surface area contributed by atoms with Crippen LogP contribution >= 0.6 is 34.5 Å². The average Bonchev–Trinajstić information content (AvgIpc) is 2.78. The zero-order valence-electron chi connectivity index (χ0n) is 10.0. The van der Waals surface area contributed by atoms with Crippen molar-refractivity contribution in [3.8, 4) is 11.3 Å². The molecule has 1 N–H and O–H groups in total. The molecule has 1 heterocycles. The van der Waals surface area contributed by atoms with Crippen molar-refractivity contribution in [1.29, 1.82) is 0 Å². The summed E-state index contributed by atoms with van der Waals surface area (Å²) in [6.07, 6.45) is 2.32. The van der Waals surface area contributed by atoms with Gasteiger partial charge in [0.25, 0.3) is 0 Å². The summed E-state index contributed by atoms with van der Waals surface area (Å²) in [6, 6.07) is 5.46. The number of rotatable bonds is 5. The number of hydrogen-bond donors (Lipinski definition) is 1. The van der Waals surface area contributed by atoms with E-state index in [9.17, 15) is 0 Å². The van der Waals surface area contributed by atoms with Crippen molar-refractivity contribution in [3.05, 3.63) is 33.6 Å². The second-order valence-corrected chi connectivity index (χ2v) is 5.64. The summed E-state index contributed by atoms with van der Waals surface area (Å²) < 4.78 is 0. The van der Waals surface area contributed by atoms with Gasteiger partial charge in [0.15, 0.2) is 5.13 Å². The van der Waals surface area contributed by atoms with E-state index >= 15 is 0 Å². The van der Waals surface area contributed by atoms with Gasteiger partial charge < -0.3 is 5.32 Å². The lowest BCUT2D eigenvalue weighted by Gasteiger charge is -2.01. The zero-order valence-corrected chi connectivity index (χ0v) is 12.4. The van der Waals surface area contributed by atoms with Crippen molar-refractivity contribution in [2.45, 2.75) is 19.8 Å². The fourth-order valence-electron chi connectivity index (χ4n) is 1.55. The quantitative estimate of drug-likeness (QED) is 0.755. The largest absolute Gasteiger partial charge is 0.362 e. The fraction of sp³-hybridized carbons (Fsp3) is 0.308. The van der Waals surface area contributed by atoms with E-state index in [2.05, 4.69) is 17.2 Å². The average molecular weight is 301 g/mol. The first-order valence-corrected chi connectivity index (χ1v) is 7.49. The van der Waals surface area contributed by atoms with Gasteiger partial charge in [-0.25, -0.2) is 4.98 Å². The van der Waals surface area contributed by atoms with Gasteiger partial charge in [0.05, 0.1) is 10.7 Å². The van der Waals surface area contributed by atoms with Gasteiger partial charge >= 0.3 is 0 Å². The van der Waals surface area contributed by atoms with Crippen LogP contribution in [0.2, 0.25) is 10.0 Å². The molecule has 0 bridgehead atoms. The monoisotopic (exact) mass is 300 g/mol. The number of benzene rings is 1. The molecule has 0 amide bonds. The summed E-state index contributed by atoms with van der Waals surface area (Å²) in [6.45, 7) is 3.13. The third-order valence-corrected chi connectivity index (χ3v) is 3.87. The van der Waals surface area contributed by atoms with Crippen molar-refractivity contribution < 1.29 is 0 Å². The SMILES string of the molecule is CCCCNc1nc(-c2ccc(Cl)cc2Cl)cs1. The van der Waals surface area contributed by atoms with Crippen LogP contribution in [0.4, 0.5) is 5.13 Å². The summed E-state index contributed by atoms with van der Waals surface area (Å²) in [5.41, 5.74) is 1.81. The molecule has 2 aromatic rings. The Kier molecular flexibility index (Phi) is 4.87. The molecule has 1 aromatic carbocycles. The van der Waals surface area contributed by atoms with E-state index in [4.69, 9.17) is 23.2 Å². The summed E-state index contributed by atoms with van der Waals surface area (Å²) >= 11 is 13.6. The lowest BCUT2D eigenvalue weighted by Crippen LogP contribution is -1.99. The highest BCUT2D eigenvalue weighted by molar-refractivity contribution is 7.14. The van der Waals surface area contributed by atoms with Gasteiger partial charge in [0, 0.05) is 22.5 Å². The molecule has 2 nitrogen and oxygen atoms in total. The molecule has 1 aromatic heterocycles. The molecular formula is C13H14Cl2N2S. The molecule has 18 heavy (non-hydrogen) atoms. The first-order chi connectivity index (χ1) is 8.70. The van der Waals surface area contributed by atoms with Crippen LogP contribution in [0.5, 0.6) is 0 Å². The molecule has 0 aliphatic heterocycles. The Bertz CT molecular complexity index is 525. The van der Waals surface area contributed by atoms with Gasteiger partial charge in [-0.3, -0.25) is 0 Å². The Morgan fingerprint density at radius 2 is 2.17 bits per heavy atom. The minimum absolute atomic E-state index is 0.632. The zero-order chi connectivity index (χ0) is 13.0. The number of halogens is 2. The summed E-state index contributed by atoms with van der Waals surface area (Å²) in [5, 5.41) is 7.51. The third kappa shape index (κ3) is 3.37. The molecule has 96 valence electrons. The van der Waals surface area contributed by atoms with Crippen LogP contribution in [0.15, 0.2) is 23.6 Å². The lowest BCUT2D eigenvalue weighted by atomic mass is 10.2. The highest BCUT2D eigenvalue weighted by atomic mass is 35.5. The molecule has 5 heteroatoms. The Balaban J connectivity index is 2.13. The minimum Gasteiger partial charge on any atom is -0.362 e. The highest BCUT2D eigenvalue weighted by Crippen LogP contribution is 2.32. The number of anilines is 1. The molecule has 0 radical (unpaired) electrons. The van der Waals surface area contributed by atoms with Crippen molar-refractivity contribution in [2.24, 2.45) is 0 Å². The van der Waals surface area contributed by atoms with Crippen LogP contribution in [0.1, 0.15) is 19.8 Å². The maximum absolute atomic E-state index is 6.16. The summed E-state index contributed by atoms with van der Waals surface area (Å²) in [4.78, 5) is 4.52. The van der Waals surface area contributed by atoms with Gasteiger partial charge in [-0.05, 0) is 24.6 Å². The van der Waals surface area contributed by atoms with Crippen LogP contribution in [0.3, 0.4) is 0 Å². The highest BCUT2D eigenvalue weighted by Gasteiger charge is 2.08. The van der Waals surface area contributed by atoms with Crippen molar-refractivity contribution in [1.82, 2.24) is 4.98 Å². The normalized spacial score (nSPS) is 10.6. The molecule has 0 fully saturated rings. The standard InChI is InChI=1S/C13H14Cl2N2S/c1-2-3-6-16-13-17-12(8-18-13)10-5-4-9(14)7-11(10)15/h4-5,7-8H,2-3,6H2,1H3,(H,16,17). The molecule has 0 unspecified atom stereocenters. The number of nitrogens with zero attached hydrogens (tertiary/aromatic N) is 1. The second-order valence-electron chi connectivity index (χ2n) is 3.94. The van der Waals surface area contributed by atoms with E-state index in [1.807, 2.05) is 17.5 Å². The number of thiazole rings is 1. The van der Waals surface area contributed by atoms with Gasteiger partial charge in [0.2, 0.25) is 0 Å².